The van der Waals surface area contributed by atoms with Gasteiger partial charge in [-0.25, -0.2) is 4.79 Å². The average Bonchev–Trinajstić information content (AvgIpc) is 3.02. The molecule has 1 aliphatic heterocycles. The molecule has 128 valence electrons. The summed E-state index contributed by atoms with van der Waals surface area (Å²) in [6.07, 6.45) is 0.843. The van der Waals surface area contributed by atoms with Gasteiger partial charge in [-0.2, -0.15) is 4.68 Å². The molecule has 8 heteroatoms. The van der Waals surface area contributed by atoms with Crippen molar-refractivity contribution in [3.8, 4) is 5.69 Å². The second kappa shape index (κ2) is 7.89. The van der Waals surface area contributed by atoms with Crippen LogP contribution in [0.15, 0.2) is 35.1 Å². The molecule has 0 atom stereocenters. The normalized spacial score (nSPS) is 15.3. The van der Waals surface area contributed by atoms with E-state index in [1.165, 1.54) is 4.68 Å². The summed E-state index contributed by atoms with van der Waals surface area (Å²) in [6.45, 7) is 4.86. The van der Waals surface area contributed by atoms with E-state index in [0.29, 0.717) is 12.2 Å². The molecule has 1 fully saturated rings. The topological polar surface area (TPSA) is 92.2 Å². The third-order valence-corrected chi connectivity index (χ3v) is 3.87. The van der Waals surface area contributed by atoms with Crippen molar-refractivity contribution < 1.29 is 9.53 Å². The van der Waals surface area contributed by atoms with E-state index in [2.05, 4.69) is 20.3 Å². The molecular weight excluding hydrogens is 310 g/mol. The van der Waals surface area contributed by atoms with Crippen LogP contribution in [0.5, 0.6) is 0 Å². The lowest BCUT2D eigenvalue weighted by Gasteiger charge is -2.26. The standard InChI is InChI=1S/C16H21N5O3/c22-15(17-7-4-8-20-9-11-24-12-10-20)14-18-16(23)21(19-14)13-5-2-1-3-6-13/h1-3,5-6H,4,7-12H2,(H,17,22)(H,18,19,23). The summed E-state index contributed by atoms with van der Waals surface area (Å²) in [5.41, 5.74) is 0.185. The Balaban J connectivity index is 1.51. The molecule has 0 bridgehead atoms. The third-order valence-electron chi connectivity index (χ3n) is 3.87. The number of hydrogen-bond donors (Lipinski definition) is 2. The van der Waals surface area contributed by atoms with Crippen LogP contribution in [0, 0.1) is 0 Å². The van der Waals surface area contributed by atoms with E-state index in [4.69, 9.17) is 4.74 Å². The molecule has 1 aromatic heterocycles. The Labute approximate surface area is 139 Å². The molecule has 0 spiro atoms. The number of aromatic amines is 1. The lowest BCUT2D eigenvalue weighted by molar-refractivity contribution is 0.0374. The van der Waals surface area contributed by atoms with Crippen molar-refractivity contribution >= 4 is 5.91 Å². The quantitative estimate of drug-likeness (QED) is 0.728. The minimum atomic E-state index is -0.431. The Morgan fingerprint density at radius 1 is 1.25 bits per heavy atom. The van der Waals surface area contributed by atoms with Gasteiger partial charge in [-0.15, -0.1) is 5.10 Å². The largest absolute Gasteiger partial charge is 0.379 e. The van der Waals surface area contributed by atoms with Gasteiger partial charge >= 0.3 is 5.69 Å². The van der Waals surface area contributed by atoms with Crippen LogP contribution in [-0.4, -0.2) is 65.0 Å². The van der Waals surface area contributed by atoms with Gasteiger partial charge in [0.2, 0.25) is 5.82 Å². The molecule has 1 aromatic carbocycles. The molecule has 0 radical (unpaired) electrons. The smallest absolute Gasteiger partial charge is 0.348 e. The number of hydrogen-bond acceptors (Lipinski definition) is 5. The van der Waals surface area contributed by atoms with Gasteiger partial charge in [-0.3, -0.25) is 14.7 Å². The fourth-order valence-electron chi connectivity index (χ4n) is 2.58. The van der Waals surface area contributed by atoms with Gasteiger partial charge in [0.15, 0.2) is 0 Å². The molecule has 0 unspecified atom stereocenters. The number of nitrogens with one attached hydrogen (secondary N) is 2. The van der Waals surface area contributed by atoms with Crippen molar-refractivity contribution in [2.75, 3.05) is 39.4 Å². The number of benzene rings is 1. The first-order valence-corrected chi connectivity index (χ1v) is 8.07. The zero-order valence-electron chi connectivity index (χ0n) is 13.4. The highest BCUT2D eigenvalue weighted by molar-refractivity contribution is 5.90. The van der Waals surface area contributed by atoms with Crippen LogP contribution >= 0.6 is 0 Å². The molecule has 1 amide bonds. The molecule has 3 rings (SSSR count). The first-order chi connectivity index (χ1) is 11.7. The van der Waals surface area contributed by atoms with Crippen molar-refractivity contribution in [3.05, 3.63) is 46.6 Å². The van der Waals surface area contributed by atoms with Gasteiger partial charge in [0, 0.05) is 19.6 Å². The molecule has 1 aliphatic rings. The van der Waals surface area contributed by atoms with Crippen LogP contribution in [0.1, 0.15) is 17.0 Å². The fourth-order valence-corrected chi connectivity index (χ4v) is 2.58. The third kappa shape index (κ3) is 4.09. The second-order valence-electron chi connectivity index (χ2n) is 5.59. The number of carbonyl (C=O) groups is 1. The number of amides is 1. The first-order valence-electron chi connectivity index (χ1n) is 8.07. The number of nitrogens with zero attached hydrogens (tertiary/aromatic N) is 3. The molecule has 8 nitrogen and oxygen atoms in total. The van der Waals surface area contributed by atoms with Crippen LogP contribution in [0.2, 0.25) is 0 Å². The lowest BCUT2D eigenvalue weighted by atomic mass is 10.3. The maximum absolute atomic E-state index is 12.1. The van der Waals surface area contributed by atoms with Crippen molar-refractivity contribution in [2.45, 2.75) is 6.42 Å². The molecule has 0 saturated carbocycles. The van der Waals surface area contributed by atoms with E-state index >= 15 is 0 Å². The van der Waals surface area contributed by atoms with Crippen LogP contribution < -0.4 is 11.0 Å². The van der Waals surface area contributed by atoms with Crippen molar-refractivity contribution in [2.24, 2.45) is 0 Å². The number of ether oxygens (including phenoxy) is 1. The SMILES string of the molecule is O=C(NCCCN1CCOCC1)c1nn(-c2ccccc2)c(=O)[nH]1. The summed E-state index contributed by atoms with van der Waals surface area (Å²) < 4.78 is 6.48. The predicted molar refractivity (Wildman–Crippen MR) is 88.4 cm³/mol. The molecular formula is C16H21N5O3. The van der Waals surface area contributed by atoms with Gasteiger partial charge in [-0.05, 0) is 25.1 Å². The zero-order valence-corrected chi connectivity index (χ0v) is 13.4. The van der Waals surface area contributed by atoms with E-state index in [-0.39, 0.29) is 11.7 Å². The molecule has 2 aromatic rings. The minimum absolute atomic E-state index is 0.0234. The van der Waals surface area contributed by atoms with Crippen molar-refractivity contribution in [3.63, 3.8) is 0 Å². The first kappa shape index (κ1) is 16.4. The Bertz CT molecular complexity index is 719. The zero-order chi connectivity index (χ0) is 16.8. The number of rotatable bonds is 6. The maximum Gasteiger partial charge on any atom is 0.348 e. The summed E-state index contributed by atoms with van der Waals surface area (Å²) in [5, 5.41) is 6.85. The van der Waals surface area contributed by atoms with E-state index in [9.17, 15) is 9.59 Å². The summed E-state index contributed by atoms with van der Waals surface area (Å²) in [6, 6.07) is 8.98. The monoisotopic (exact) mass is 331 g/mol. The van der Waals surface area contributed by atoms with E-state index in [1.54, 1.807) is 12.1 Å². The molecule has 2 heterocycles. The van der Waals surface area contributed by atoms with Gasteiger partial charge in [-0.1, -0.05) is 18.2 Å². The molecule has 0 aliphatic carbocycles. The predicted octanol–water partition coefficient (Wildman–Crippen LogP) is 0.0127. The van der Waals surface area contributed by atoms with Gasteiger partial charge < -0.3 is 10.1 Å². The highest BCUT2D eigenvalue weighted by Gasteiger charge is 2.14. The Morgan fingerprint density at radius 2 is 2.00 bits per heavy atom. The highest BCUT2D eigenvalue weighted by Crippen LogP contribution is 2.02. The Morgan fingerprint density at radius 3 is 2.75 bits per heavy atom. The van der Waals surface area contributed by atoms with Crippen LogP contribution in [-0.2, 0) is 4.74 Å². The minimum Gasteiger partial charge on any atom is -0.379 e. The number of carbonyl (C=O) groups excluding carboxylic acids is 1. The highest BCUT2D eigenvalue weighted by atomic mass is 16.5. The van der Waals surface area contributed by atoms with Crippen molar-refractivity contribution in [1.29, 1.82) is 0 Å². The lowest BCUT2D eigenvalue weighted by Crippen LogP contribution is -2.38. The van der Waals surface area contributed by atoms with E-state index < -0.39 is 5.69 Å². The second-order valence-corrected chi connectivity index (χ2v) is 5.59. The van der Waals surface area contributed by atoms with Gasteiger partial charge in [0.05, 0.1) is 18.9 Å². The summed E-state index contributed by atoms with van der Waals surface area (Å²) in [5.74, 6) is -0.348. The number of para-hydroxylation sites is 1. The fraction of sp³-hybridized carbons (Fsp3) is 0.438. The van der Waals surface area contributed by atoms with Crippen LogP contribution in [0.25, 0.3) is 5.69 Å². The number of aromatic nitrogens is 3. The Hall–Kier alpha value is -2.45. The van der Waals surface area contributed by atoms with E-state index in [1.807, 2.05) is 18.2 Å². The van der Waals surface area contributed by atoms with Gasteiger partial charge in [0.1, 0.15) is 0 Å². The molecule has 2 N–H and O–H groups in total. The number of morpholine rings is 1. The summed E-state index contributed by atoms with van der Waals surface area (Å²) in [7, 11) is 0. The molecule has 1 saturated heterocycles. The average molecular weight is 331 g/mol. The van der Waals surface area contributed by atoms with Gasteiger partial charge in [0.25, 0.3) is 5.91 Å². The van der Waals surface area contributed by atoms with Crippen LogP contribution in [0.4, 0.5) is 0 Å². The van der Waals surface area contributed by atoms with E-state index in [0.717, 1.165) is 39.3 Å². The van der Waals surface area contributed by atoms with Crippen LogP contribution in [0.3, 0.4) is 0 Å². The maximum atomic E-state index is 12.1. The summed E-state index contributed by atoms with van der Waals surface area (Å²) >= 11 is 0. The molecule has 24 heavy (non-hydrogen) atoms. The van der Waals surface area contributed by atoms with Crippen molar-refractivity contribution in [1.82, 2.24) is 25.0 Å². The Kier molecular flexibility index (Phi) is 5.39. The number of H-pyrrole nitrogens is 1. The summed E-state index contributed by atoms with van der Waals surface area (Å²) in [4.78, 5) is 28.8.